The first-order valence-electron chi connectivity index (χ1n) is 7.28. The molecule has 1 nitrogen and oxygen atoms in total. The summed E-state index contributed by atoms with van der Waals surface area (Å²) in [7, 11) is 0. The van der Waals surface area contributed by atoms with Gasteiger partial charge in [-0.3, -0.25) is 0 Å². The van der Waals surface area contributed by atoms with Crippen LogP contribution in [-0.4, -0.2) is 0 Å². The van der Waals surface area contributed by atoms with Crippen LogP contribution in [0, 0.1) is 6.92 Å². The highest BCUT2D eigenvalue weighted by atomic mass is 79.9. The van der Waals surface area contributed by atoms with Crippen molar-refractivity contribution < 1.29 is 0 Å². The van der Waals surface area contributed by atoms with Crippen LogP contribution in [0.4, 0.5) is 5.69 Å². The van der Waals surface area contributed by atoms with E-state index < -0.39 is 0 Å². The first kappa shape index (κ1) is 13.7. The van der Waals surface area contributed by atoms with Gasteiger partial charge in [-0.05, 0) is 77.4 Å². The monoisotopic (exact) mass is 329 g/mol. The van der Waals surface area contributed by atoms with Gasteiger partial charge in [-0.15, -0.1) is 0 Å². The Morgan fingerprint density at radius 1 is 1.10 bits per heavy atom. The summed E-state index contributed by atoms with van der Waals surface area (Å²) in [5, 5.41) is 3.61. The molecule has 2 aromatic rings. The molecule has 0 fully saturated rings. The maximum Gasteiger partial charge on any atom is 0.0492 e. The molecule has 20 heavy (non-hydrogen) atoms. The van der Waals surface area contributed by atoms with E-state index in [1.54, 1.807) is 5.56 Å². The second-order valence-corrected chi connectivity index (χ2v) is 6.48. The molecule has 1 aliphatic rings. The third-order valence-corrected chi connectivity index (χ3v) is 5.24. The molecule has 0 saturated carbocycles. The van der Waals surface area contributed by atoms with Crippen LogP contribution >= 0.6 is 15.9 Å². The van der Waals surface area contributed by atoms with E-state index in [1.165, 1.54) is 36.0 Å². The molecule has 0 bridgehead atoms. The van der Waals surface area contributed by atoms with Crippen LogP contribution in [0.25, 0.3) is 0 Å². The molecule has 0 spiro atoms. The van der Waals surface area contributed by atoms with Crippen molar-refractivity contribution in [2.24, 2.45) is 0 Å². The van der Waals surface area contributed by atoms with Crippen LogP contribution in [0.3, 0.4) is 0 Å². The second-order valence-electron chi connectivity index (χ2n) is 5.68. The molecule has 1 unspecified atom stereocenters. The number of rotatable bonds is 3. The summed E-state index contributed by atoms with van der Waals surface area (Å²) < 4.78 is 1.16. The average Bonchev–Trinajstić information content (AvgIpc) is 2.91. The lowest BCUT2D eigenvalue weighted by atomic mass is 10.0. The number of benzene rings is 2. The first-order valence-corrected chi connectivity index (χ1v) is 8.08. The lowest BCUT2D eigenvalue weighted by Gasteiger charge is -2.18. The molecule has 0 radical (unpaired) electrons. The average molecular weight is 330 g/mol. The zero-order chi connectivity index (χ0) is 14.1. The van der Waals surface area contributed by atoms with Gasteiger partial charge in [0, 0.05) is 16.2 Å². The molecule has 2 heteroatoms. The number of fused-ring (bicyclic) bond motifs is 1. The summed E-state index contributed by atoms with van der Waals surface area (Å²) in [4.78, 5) is 0. The van der Waals surface area contributed by atoms with Crippen molar-refractivity contribution in [3.8, 4) is 0 Å². The Hall–Kier alpha value is -1.28. The molecule has 2 aromatic carbocycles. The number of hydrogen-bond donors (Lipinski definition) is 1. The fourth-order valence-corrected chi connectivity index (χ4v) is 3.32. The third kappa shape index (κ3) is 2.62. The van der Waals surface area contributed by atoms with Gasteiger partial charge < -0.3 is 5.32 Å². The molecule has 1 N–H and O–H groups in total. The fourth-order valence-electron chi connectivity index (χ4n) is 2.94. The summed E-state index contributed by atoms with van der Waals surface area (Å²) in [5.74, 6) is 0. The number of anilines is 1. The van der Waals surface area contributed by atoms with Gasteiger partial charge in [0.05, 0.1) is 0 Å². The fraction of sp³-hybridized carbons (Fsp3) is 0.333. The molecule has 3 rings (SSSR count). The van der Waals surface area contributed by atoms with Crippen molar-refractivity contribution in [3.63, 3.8) is 0 Å². The van der Waals surface area contributed by atoms with Gasteiger partial charge in [-0.1, -0.05) is 30.3 Å². The van der Waals surface area contributed by atoms with E-state index in [0.717, 1.165) is 10.2 Å². The lowest BCUT2D eigenvalue weighted by molar-refractivity contribution is 0.878. The normalized spacial score (nSPS) is 14.9. The molecule has 0 saturated heterocycles. The molecule has 0 heterocycles. The lowest BCUT2D eigenvalue weighted by Crippen LogP contribution is -2.08. The SMILES string of the molecule is Cc1cccc(NC(C)c2ccc3c(c2)CCC3)c1Br. The Morgan fingerprint density at radius 2 is 1.90 bits per heavy atom. The molecule has 0 aromatic heterocycles. The summed E-state index contributed by atoms with van der Waals surface area (Å²) in [5.41, 5.74) is 6.88. The van der Waals surface area contributed by atoms with Crippen molar-refractivity contribution in [2.75, 3.05) is 5.32 Å². The van der Waals surface area contributed by atoms with Crippen molar-refractivity contribution in [1.29, 1.82) is 0 Å². The molecular formula is C18H20BrN. The van der Waals surface area contributed by atoms with E-state index in [9.17, 15) is 0 Å². The van der Waals surface area contributed by atoms with E-state index in [0.29, 0.717) is 6.04 Å². The van der Waals surface area contributed by atoms with Gasteiger partial charge >= 0.3 is 0 Å². The standard InChI is InChI=1S/C18H20BrN/c1-12-5-3-8-17(18(12)19)20-13(2)15-10-9-14-6-4-7-16(14)11-15/h3,5,8-11,13,20H,4,6-7H2,1-2H3. The Kier molecular flexibility index (Phi) is 3.84. The maximum atomic E-state index is 3.67. The molecule has 104 valence electrons. The number of hydrogen-bond acceptors (Lipinski definition) is 1. The van der Waals surface area contributed by atoms with Crippen molar-refractivity contribution in [3.05, 3.63) is 63.1 Å². The molecule has 1 aliphatic carbocycles. The highest BCUT2D eigenvalue weighted by Crippen LogP contribution is 2.31. The van der Waals surface area contributed by atoms with E-state index in [4.69, 9.17) is 0 Å². The highest BCUT2D eigenvalue weighted by Gasteiger charge is 2.14. The third-order valence-electron chi connectivity index (χ3n) is 4.19. The predicted molar refractivity (Wildman–Crippen MR) is 89.4 cm³/mol. The van der Waals surface area contributed by atoms with E-state index in [-0.39, 0.29) is 0 Å². The van der Waals surface area contributed by atoms with E-state index in [2.05, 4.69) is 71.5 Å². The van der Waals surface area contributed by atoms with Gasteiger partial charge in [0.25, 0.3) is 0 Å². The molecule has 0 amide bonds. The van der Waals surface area contributed by atoms with Crippen LogP contribution in [0.1, 0.15) is 41.6 Å². The predicted octanol–water partition coefficient (Wildman–Crippen LogP) is 5.42. The van der Waals surface area contributed by atoms with Crippen LogP contribution in [-0.2, 0) is 12.8 Å². The number of aryl methyl sites for hydroxylation is 3. The van der Waals surface area contributed by atoms with Crippen molar-refractivity contribution in [1.82, 2.24) is 0 Å². The largest absolute Gasteiger partial charge is 0.378 e. The summed E-state index contributed by atoms with van der Waals surface area (Å²) >= 11 is 3.67. The summed E-state index contributed by atoms with van der Waals surface area (Å²) in [6, 6.07) is 13.6. The molecule has 1 atom stereocenters. The zero-order valence-corrected chi connectivity index (χ0v) is 13.6. The molecule has 0 aliphatic heterocycles. The van der Waals surface area contributed by atoms with Crippen molar-refractivity contribution in [2.45, 2.75) is 39.2 Å². The van der Waals surface area contributed by atoms with E-state index in [1.807, 2.05) is 0 Å². The van der Waals surface area contributed by atoms with Gasteiger partial charge in [0.15, 0.2) is 0 Å². The van der Waals surface area contributed by atoms with Gasteiger partial charge in [0.2, 0.25) is 0 Å². The quantitative estimate of drug-likeness (QED) is 0.792. The van der Waals surface area contributed by atoms with Crippen LogP contribution < -0.4 is 5.32 Å². The highest BCUT2D eigenvalue weighted by molar-refractivity contribution is 9.10. The van der Waals surface area contributed by atoms with Crippen LogP contribution in [0.2, 0.25) is 0 Å². The topological polar surface area (TPSA) is 12.0 Å². The summed E-state index contributed by atoms with van der Waals surface area (Å²) in [6.45, 7) is 4.35. The zero-order valence-electron chi connectivity index (χ0n) is 12.0. The minimum absolute atomic E-state index is 0.319. The first-order chi connectivity index (χ1) is 9.65. The maximum absolute atomic E-state index is 3.67. The van der Waals surface area contributed by atoms with Gasteiger partial charge in [0.1, 0.15) is 0 Å². The van der Waals surface area contributed by atoms with Crippen molar-refractivity contribution >= 4 is 21.6 Å². The Labute approximate surface area is 129 Å². The van der Waals surface area contributed by atoms with Gasteiger partial charge in [-0.25, -0.2) is 0 Å². The van der Waals surface area contributed by atoms with Gasteiger partial charge in [-0.2, -0.15) is 0 Å². The second kappa shape index (κ2) is 5.61. The van der Waals surface area contributed by atoms with E-state index >= 15 is 0 Å². The Bertz CT molecular complexity index is 633. The number of halogens is 1. The number of nitrogens with one attached hydrogen (secondary N) is 1. The van der Waals surface area contributed by atoms with Crippen LogP contribution in [0.15, 0.2) is 40.9 Å². The summed E-state index contributed by atoms with van der Waals surface area (Å²) in [6.07, 6.45) is 3.80. The van der Waals surface area contributed by atoms with Crippen LogP contribution in [0.5, 0.6) is 0 Å². The minimum atomic E-state index is 0.319. The smallest absolute Gasteiger partial charge is 0.0492 e. The molecular weight excluding hydrogens is 310 g/mol. The minimum Gasteiger partial charge on any atom is -0.378 e. The Balaban J connectivity index is 1.82. The Morgan fingerprint density at radius 3 is 2.75 bits per heavy atom.